The Morgan fingerprint density at radius 1 is 0.800 bits per heavy atom. The van der Waals surface area contributed by atoms with Gasteiger partial charge in [-0.3, -0.25) is 4.79 Å². The highest BCUT2D eigenvalue weighted by Gasteiger charge is 2.17. The van der Waals surface area contributed by atoms with E-state index in [1.807, 2.05) is 48.5 Å². The first kappa shape index (κ1) is 18.5. The van der Waals surface area contributed by atoms with E-state index in [4.69, 9.17) is 17.3 Å². The average Bonchev–Trinajstić information content (AvgIpc) is 3.07. The first-order chi connectivity index (χ1) is 14.6. The van der Waals surface area contributed by atoms with Crippen molar-refractivity contribution in [3.63, 3.8) is 0 Å². The first-order valence-electron chi connectivity index (χ1n) is 9.76. The Kier molecular flexibility index (Phi) is 4.53. The molecule has 0 aliphatic heterocycles. The number of primary amides is 1. The summed E-state index contributed by atoms with van der Waals surface area (Å²) in [5.74, 6) is -0.422. The van der Waals surface area contributed by atoms with E-state index < -0.39 is 5.91 Å². The van der Waals surface area contributed by atoms with Gasteiger partial charge in [0.05, 0.1) is 11.0 Å². The van der Waals surface area contributed by atoms with Crippen LogP contribution in [0.1, 0.15) is 15.9 Å². The Hall–Kier alpha value is -3.56. The number of amides is 1. The fourth-order valence-electron chi connectivity index (χ4n) is 4.15. The maximum Gasteiger partial charge on any atom is 0.249 e. The number of rotatable bonds is 4. The van der Waals surface area contributed by atoms with Crippen molar-refractivity contribution in [3.8, 4) is 11.1 Å². The second-order valence-corrected chi connectivity index (χ2v) is 7.81. The Morgan fingerprint density at radius 2 is 1.60 bits per heavy atom. The van der Waals surface area contributed by atoms with E-state index in [1.165, 1.54) is 0 Å². The van der Waals surface area contributed by atoms with E-state index in [9.17, 15) is 4.79 Å². The van der Waals surface area contributed by atoms with Gasteiger partial charge in [0.15, 0.2) is 0 Å². The van der Waals surface area contributed by atoms with Crippen LogP contribution in [0, 0.1) is 0 Å². The van der Waals surface area contributed by atoms with Crippen molar-refractivity contribution in [2.75, 3.05) is 0 Å². The van der Waals surface area contributed by atoms with Crippen molar-refractivity contribution in [1.82, 2.24) is 4.57 Å². The van der Waals surface area contributed by atoms with E-state index in [0.29, 0.717) is 17.1 Å². The molecule has 30 heavy (non-hydrogen) atoms. The molecule has 0 atom stereocenters. The van der Waals surface area contributed by atoms with Gasteiger partial charge in [-0.05, 0) is 47.0 Å². The standard InChI is InChI=1S/C26H19ClN2O/c27-20-9-4-6-17(14-20)16-29-23-11-5-10-22(26(28)30)25(23)21-13-12-19(15-24(21)29)18-7-2-1-3-8-18/h1-15H,16H2,(H2,28,30). The topological polar surface area (TPSA) is 48.0 Å². The molecule has 0 fully saturated rings. The fourth-order valence-corrected chi connectivity index (χ4v) is 4.36. The summed E-state index contributed by atoms with van der Waals surface area (Å²) in [5.41, 5.74) is 11.6. The molecule has 146 valence electrons. The van der Waals surface area contributed by atoms with Gasteiger partial charge in [0.1, 0.15) is 0 Å². The Balaban J connectivity index is 1.81. The summed E-state index contributed by atoms with van der Waals surface area (Å²) < 4.78 is 2.23. The smallest absolute Gasteiger partial charge is 0.249 e. The van der Waals surface area contributed by atoms with Crippen LogP contribution in [0.4, 0.5) is 0 Å². The predicted molar refractivity (Wildman–Crippen MR) is 124 cm³/mol. The number of carbonyl (C=O) groups is 1. The Labute approximate surface area is 179 Å². The summed E-state index contributed by atoms with van der Waals surface area (Å²) in [6.45, 7) is 0.640. The van der Waals surface area contributed by atoms with Gasteiger partial charge in [0.25, 0.3) is 0 Å². The van der Waals surface area contributed by atoms with Crippen LogP contribution < -0.4 is 5.73 Å². The molecular weight excluding hydrogens is 392 g/mol. The van der Waals surface area contributed by atoms with E-state index in [-0.39, 0.29) is 0 Å². The lowest BCUT2D eigenvalue weighted by atomic mass is 10.0. The van der Waals surface area contributed by atoms with Crippen LogP contribution in [-0.2, 0) is 6.54 Å². The summed E-state index contributed by atoms with van der Waals surface area (Å²) in [5, 5.41) is 2.61. The summed E-state index contributed by atoms with van der Waals surface area (Å²) in [6, 6.07) is 30.2. The number of nitrogens with two attached hydrogens (primary N) is 1. The molecule has 0 unspecified atom stereocenters. The van der Waals surface area contributed by atoms with Crippen molar-refractivity contribution in [2.45, 2.75) is 6.54 Å². The van der Waals surface area contributed by atoms with E-state index >= 15 is 0 Å². The quantitative estimate of drug-likeness (QED) is 0.373. The van der Waals surface area contributed by atoms with Gasteiger partial charge in [0, 0.05) is 27.9 Å². The molecule has 4 aromatic carbocycles. The van der Waals surface area contributed by atoms with Gasteiger partial charge in [-0.15, -0.1) is 0 Å². The van der Waals surface area contributed by atoms with Crippen LogP contribution in [0.15, 0.2) is 91.0 Å². The van der Waals surface area contributed by atoms with Gasteiger partial charge in [-0.1, -0.05) is 72.3 Å². The molecule has 5 aromatic rings. The zero-order valence-electron chi connectivity index (χ0n) is 16.2. The molecule has 3 nitrogen and oxygen atoms in total. The minimum Gasteiger partial charge on any atom is -0.366 e. The minimum absolute atomic E-state index is 0.422. The molecule has 0 radical (unpaired) electrons. The monoisotopic (exact) mass is 410 g/mol. The molecule has 1 heterocycles. The highest BCUT2D eigenvalue weighted by atomic mass is 35.5. The van der Waals surface area contributed by atoms with E-state index in [0.717, 1.165) is 38.5 Å². The van der Waals surface area contributed by atoms with Gasteiger partial charge in [0.2, 0.25) is 5.91 Å². The number of nitrogens with zero attached hydrogens (tertiary/aromatic N) is 1. The number of carbonyl (C=O) groups excluding carboxylic acids is 1. The van der Waals surface area contributed by atoms with E-state index in [2.05, 4.69) is 41.0 Å². The first-order valence-corrected chi connectivity index (χ1v) is 10.1. The van der Waals surface area contributed by atoms with Crippen LogP contribution in [0.2, 0.25) is 5.02 Å². The molecule has 0 saturated heterocycles. The van der Waals surface area contributed by atoms with Gasteiger partial charge in [-0.2, -0.15) is 0 Å². The SMILES string of the molecule is NC(=O)c1cccc2c1c1ccc(-c3ccccc3)cc1n2Cc1cccc(Cl)c1. The molecule has 1 aromatic heterocycles. The number of halogens is 1. The summed E-state index contributed by atoms with van der Waals surface area (Å²) >= 11 is 6.22. The van der Waals surface area contributed by atoms with Crippen LogP contribution in [0.3, 0.4) is 0 Å². The zero-order chi connectivity index (χ0) is 20.7. The molecular formula is C26H19ClN2O. The van der Waals surface area contributed by atoms with Crippen molar-refractivity contribution in [2.24, 2.45) is 5.73 Å². The maximum atomic E-state index is 12.2. The lowest BCUT2D eigenvalue weighted by Gasteiger charge is -2.10. The lowest BCUT2D eigenvalue weighted by Crippen LogP contribution is -2.11. The van der Waals surface area contributed by atoms with Crippen LogP contribution >= 0.6 is 11.6 Å². The van der Waals surface area contributed by atoms with Gasteiger partial charge in [-0.25, -0.2) is 0 Å². The summed E-state index contributed by atoms with van der Waals surface area (Å²) in [6.07, 6.45) is 0. The normalized spacial score (nSPS) is 11.2. The minimum atomic E-state index is -0.422. The summed E-state index contributed by atoms with van der Waals surface area (Å²) in [7, 11) is 0. The molecule has 1 amide bonds. The number of aromatic nitrogens is 1. The molecule has 2 N–H and O–H groups in total. The van der Waals surface area contributed by atoms with Crippen molar-refractivity contribution < 1.29 is 4.79 Å². The Bertz CT molecular complexity index is 1400. The van der Waals surface area contributed by atoms with Crippen molar-refractivity contribution >= 4 is 39.3 Å². The third-order valence-electron chi connectivity index (χ3n) is 5.49. The van der Waals surface area contributed by atoms with E-state index in [1.54, 1.807) is 6.07 Å². The maximum absolute atomic E-state index is 12.2. The van der Waals surface area contributed by atoms with Crippen molar-refractivity contribution in [1.29, 1.82) is 0 Å². The average molecular weight is 411 g/mol. The van der Waals surface area contributed by atoms with Crippen molar-refractivity contribution in [3.05, 3.63) is 107 Å². The van der Waals surface area contributed by atoms with Crippen LogP contribution in [0.25, 0.3) is 32.9 Å². The fraction of sp³-hybridized carbons (Fsp3) is 0.0385. The predicted octanol–water partition coefficient (Wildman–Crippen LogP) is 6.26. The number of fused-ring (bicyclic) bond motifs is 3. The second kappa shape index (κ2) is 7.36. The highest BCUT2D eigenvalue weighted by molar-refractivity contribution is 6.30. The molecule has 0 aliphatic carbocycles. The lowest BCUT2D eigenvalue weighted by molar-refractivity contribution is 0.100. The molecule has 0 saturated carbocycles. The van der Waals surface area contributed by atoms with Gasteiger partial charge >= 0.3 is 0 Å². The molecule has 0 spiro atoms. The van der Waals surface area contributed by atoms with Gasteiger partial charge < -0.3 is 10.3 Å². The third kappa shape index (κ3) is 3.14. The summed E-state index contributed by atoms with van der Waals surface area (Å²) in [4.78, 5) is 12.2. The van der Waals surface area contributed by atoms with Crippen LogP contribution in [0.5, 0.6) is 0 Å². The molecule has 4 heteroatoms. The van der Waals surface area contributed by atoms with Crippen LogP contribution in [-0.4, -0.2) is 10.5 Å². The molecule has 5 rings (SSSR count). The second-order valence-electron chi connectivity index (χ2n) is 7.38. The largest absolute Gasteiger partial charge is 0.366 e. The zero-order valence-corrected chi connectivity index (χ0v) is 16.9. The number of hydrogen-bond donors (Lipinski definition) is 1. The number of hydrogen-bond acceptors (Lipinski definition) is 1. The Morgan fingerprint density at radius 3 is 2.37 bits per heavy atom. The number of benzene rings is 4. The third-order valence-corrected chi connectivity index (χ3v) is 5.73. The molecule has 0 bridgehead atoms. The highest BCUT2D eigenvalue weighted by Crippen LogP contribution is 2.35. The molecule has 0 aliphatic rings.